The van der Waals surface area contributed by atoms with E-state index in [1.807, 2.05) is 6.07 Å². The average molecular weight is 554 g/mol. The second-order valence-corrected chi connectivity index (χ2v) is 11.3. The summed E-state index contributed by atoms with van der Waals surface area (Å²) in [7, 11) is -3.47. The number of rotatable bonds is 7. The zero-order valence-electron chi connectivity index (χ0n) is 21.1. The van der Waals surface area contributed by atoms with E-state index in [1.54, 1.807) is 49.5 Å². The number of sulfone groups is 1. The van der Waals surface area contributed by atoms with Gasteiger partial charge in [-0.2, -0.15) is 0 Å². The van der Waals surface area contributed by atoms with Crippen LogP contribution in [0.1, 0.15) is 21.6 Å². The molecule has 0 bridgehead atoms. The number of carbonyl (C=O) groups is 1. The summed E-state index contributed by atoms with van der Waals surface area (Å²) in [5.41, 5.74) is 2.89. The molecule has 3 aromatic heterocycles. The Labute approximate surface area is 223 Å². The first-order chi connectivity index (χ1) is 18.5. The Balaban J connectivity index is 1.33. The quantitative estimate of drug-likeness (QED) is 0.357. The van der Waals surface area contributed by atoms with E-state index in [0.29, 0.717) is 28.2 Å². The molecular formula is C27H25F2N5O4S. The van der Waals surface area contributed by atoms with Gasteiger partial charge in [0, 0.05) is 36.0 Å². The number of alkyl halides is 2. The first-order valence-electron chi connectivity index (χ1n) is 12.1. The van der Waals surface area contributed by atoms with Crippen molar-refractivity contribution in [2.75, 3.05) is 19.3 Å². The predicted octanol–water partition coefficient (Wildman–Crippen LogP) is 3.32. The number of aromatic nitrogens is 3. The number of nitrogens with zero attached hydrogens (tertiary/aromatic N) is 3. The number of carbonyl (C=O) groups excluding carboxylic acids is 1. The van der Waals surface area contributed by atoms with Gasteiger partial charge in [0.05, 0.1) is 40.6 Å². The number of fused-ring (bicyclic) bond motifs is 1. The predicted molar refractivity (Wildman–Crippen MR) is 140 cm³/mol. The normalized spacial score (nSPS) is 16.8. The maximum atomic E-state index is 13.9. The molecule has 0 radical (unpaired) electrons. The summed E-state index contributed by atoms with van der Waals surface area (Å²) >= 11 is 0. The summed E-state index contributed by atoms with van der Waals surface area (Å²) in [6.45, 7) is 1.35. The first kappa shape index (κ1) is 26.6. The second kappa shape index (κ2) is 10.3. The third kappa shape index (κ3) is 5.86. The van der Waals surface area contributed by atoms with Crippen molar-refractivity contribution >= 4 is 26.6 Å². The molecule has 4 aromatic rings. The van der Waals surface area contributed by atoms with Gasteiger partial charge in [-0.05, 0) is 48.9 Å². The summed E-state index contributed by atoms with van der Waals surface area (Å²) in [4.78, 5) is 26.2. The van der Waals surface area contributed by atoms with Gasteiger partial charge in [0.25, 0.3) is 11.8 Å². The summed E-state index contributed by atoms with van der Waals surface area (Å²) in [6.07, 6.45) is 1.43. The van der Waals surface area contributed by atoms with Gasteiger partial charge in [-0.1, -0.05) is 12.1 Å². The molecular weight excluding hydrogens is 528 g/mol. The van der Waals surface area contributed by atoms with Crippen molar-refractivity contribution in [2.24, 2.45) is 0 Å². The third-order valence-electron chi connectivity index (χ3n) is 6.32. The van der Waals surface area contributed by atoms with Gasteiger partial charge in [0.15, 0.2) is 15.9 Å². The zero-order valence-corrected chi connectivity index (χ0v) is 21.9. The van der Waals surface area contributed by atoms with Gasteiger partial charge in [0.1, 0.15) is 0 Å². The maximum Gasteiger partial charge on any atom is 0.297 e. The summed E-state index contributed by atoms with van der Waals surface area (Å²) in [5.74, 6) is -3.34. The van der Waals surface area contributed by atoms with Crippen LogP contribution in [0.4, 0.5) is 8.78 Å². The van der Waals surface area contributed by atoms with E-state index in [-0.39, 0.29) is 29.4 Å². The molecule has 1 fully saturated rings. The average Bonchev–Trinajstić information content (AvgIpc) is 3.23. The van der Waals surface area contributed by atoms with Crippen molar-refractivity contribution in [1.29, 1.82) is 0 Å². The highest BCUT2D eigenvalue weighted by Gasteiger charge is 2.46. The molecule has 39 heavy (non-hydrogen) atoms. The lowest BCUT2D eigenvalue weighted by molar-refractivity contribution is -0.0612. The number of halogens is 2. The van der Waals surface area contributed by atoms with Gasteiger partial charge in [0.2, 0.25) is 5.88 Å². The van der Waals surface area contributed by atoms with E-state index in [9.17, 15) is 22.0 Å². The number of hydrogen-bond donors (Lipinski definition) is 2. The molecule has 9 nitrogen and oxygen atoms in total. The molecule has 1 saturated heterocycles. The molecule has 1 unspecified atom stereocenters. The molecule has 2 N–H and O–H groups in total. The van der Waals surface area contributed by atoms with Crippen LogP contribution in [-0.2, 0) is 16.4 Å². The Kier molecular flexibility index (Phi) is 7.00. The fraction of sp³-hybridized carbons (Fsp3) is 0.259. The van der Waals surface area contributed by atoms with Crippen LogP contribution in [0.2, 0.25) is 0 Å². The summed E-state index contributed by atoms with van der Waals surface area (Å²) in [5, 5.41) is 6.13. The Bertz CT molecular complexity index is 1680. The van der Waals surface area contributed by atoms with Gasteiger partial charge < -0.3 is 15.4 Å². The Morgan fingerprint density at radius 2 is 1.92 bits per heavy atom. The minimum absolute atomic E-state index is 0.0300. The smallest absolute Gasteiger partial charge is 0.297 e. The SMILES string of the molecule is Cc1ccc(C(=O)NCc2cc3nc(-c4cccc(OC5CNCC5(F)F)n4)ccc3cn2)cc1S(C)(=O)=O. The highest BCUT2D eigenvalue weighted by atomic mass is 32.2. The van der Waals surface area contributed by atoms with E-state index < -0.39 is 34.3 Å². The van der Waals surface area contributed by atoms with E-state index in [0.717, 1.165) is 11.6 Å². The fourth-order valence-electron chi connectivity index (χ4n) is 4.24. The van der Waals surface area contributed by atoms with Crippen LogP contribution < -0.4 is 15.4 Å². The molecule has 202 valence electrons. The molecule has 5 rings (SSSR count). The maximum absolute atomic E-state index is 13.9. The largest absolute Gasteiger partial charge is 0.466 e. The Hall–Kier alpha value is -4.03. The van der Waals surface area contributed by atoms with Crippen molar-refractivity contribution in [2.45, 2.75) is 30.4 Å². The number of pyridine rings is 3. The number of aryl methyl sites for hydroxylation is 1. The molecule has 1 aliphatic heterocycles. The minimum Gasteiger partial charge on any atom is -0.466 e. The van der Waals surface area contributed by atoms with Crippen LogP contribution in [-0.4, -0.2) is 60.6 Å². The van der Waals surface area contributed by atoms with Crippen molar-refractivity contribution in [1.82, 2.24) is 25.6 Å². The van der Waals surface area contributed by atoms with Crippen LogP contribution in [0.3, 0.4) is 0 Å². The monoisotopic (exact) mass is 553 g/mol. The number of hydrogen-bond acceptors (Lipinski definition) is 8. The molecule has 1 amide bonds. The molecule has 0 spiro atoms. The number of ether oxygens (including phenoxy) is 1. The lowest BCUT2D eigenvalue weighted by Gasteiger charge is -2.19. The zero-order chi connectivity index (χ0) is 27.8. The van der Waals surface area contributed by atoms with Gasteiger partial charge in [-0.25, -0.2) is 27.2 Å². The van der Waals surface area contributed by atoms with Crippen LogP contribution in [0.5, 0.6) is 5.88 Å². The lowest BCUT2D eigenvalue weighted by Crippen LogP contribution is -2.36. The third-order valence-corrected chi connectivity index (χ3v) is 7.56. The first-order valence-corrected chi connectivity index (χ1v) is 14.0. The van der Waals surface area contributed by atoms with Crippen LogP contribution in [0, 0.1) is 6.92 Å². The van der Waals surface area contributed by atoms with Crippen LogP contribution >= 0.6 is 0 Å². The minimum atomic E-state index is -3.47. The van der Waals surface area contributed by atoms with E-state index in [1.165, 1.54) is 12.1 Å². The standard InChI is InChI=1S/C27H25F2N5O4S/c1-16-6-7-17(10-23(16)39(2,36)37)26(35)32-13-19-11-22-18(12-31-19)8-9-21(33-22)20-4-3-5-25(34-20)38-24-14-30-15-27(24,28)29/h3-12,24,30H,13-15H2,1-2H3,(H,32,35). The number of benzene rings is 1. The van der Waals surface area contributed by atoms with Crippen molar-refractivity contribution < 1.29 is 26.7 Å². The Morgan fingerprint density at radius 3 is 2.67 bits per heavy atom. The highest BCUT2D eigenvalue weighted by Crippen LogP contribution is 2.27. The van der Waals surface area contributed by atoms with E-state index >= 15 is 0 Å². The van der Waals surface area contributed by atoms with Gasteiger partial charge in [-0.15, -0.1) is 0 Å². The van der Waals surface area contributed by atoms with Crippen molar-refractivity contribution in [3.8, 4) is 17.3 Å². The summed E-state index contributed by atoms with van der Waals surface area (Å²) < 4.78 is 57.3. The van der Waals surface area contributed by atoms with E-state index in [4.69, 9.17) is 4.74 Å². The highest BCUT2D eigenvalue weighted by molar-refractivity contribution is 7.90. The van der Waals surface area contributed by atoms with Crippen LogP contribution in [0.15, 0.2) is 65.7 Å². The second-order valence-electron chi connectivity index (χ2n) is 9.36. The van der Waals surface area contributed by atoms with Crippen molar-refractivity contribution in [3.05, 3.63) is 77.6 Å². The molecule has 0 aliphatic carbocycles. The molecule has 1 aliphatic rings. The number of amides is 1. The Morgan fingerprint density at radius 1 is 1.13 bits per heavy atom. The van der Waals surface area contributed by atoms with Crippen LogP contribution in [0.25, 0.3) is 22.3 Å². The molecule has 1 atom stereocenters. The molecule has 0 saturated carbocycles. The number of nitrogens with one attached hydrogen (secondary N) is 2. The lowest BCUT2D eigenvalue weighted by atomic mass is 10.1. The molecule has 12 heteroatoms. The van der Waals surface area contributed by atoms with Gasteiger partial charge in [-0.3, -0.25) is 9.78 Å². The fourth-order valence-corrected chi connectivity index (χ4v) is 5.23. The summed E-state index contributed by atoms with van der Waals surface area (Å²) in [6, 6.07) is 14.7. The topological polar surface area (TPSA) is 123 Å². The molecule has 1 aromatic carbocycles. The molecule has 4 heterocycles. The van der Waals surface area contributed by atoms with E-state index in [2.05, 4.69) is 25.6 Å². The van der Waals surface area contributed by atoms with Crippen molar-refractivity contribution in [3.63, 3.8) is 0 Å². The van der Waals surface area contributed by atoms with Gasteiger partial charge >= 0.3 is 0 Å².